The molecule has 0 fully saturated rings. The predicted molar refractivity (Wildman–Crippen MR) is 63.5 cm³/mol. The smallest absolute Gasteiger partial charge is 0.335 e. The first-order valence-electron chi connectivity index (χ1n) is 4.55. The molecule has 1 aromatic rings. The molecule has 1 rings (SSSR count). The van der Waals surface area contributed by atoms with Crippen LogP contribution < -0.4 is 9.47 Å². The molecule has 0 aliphatic carbocycles. The first kappa shape index (κ1) is 12.9. The van der Waals surface area contributed by atoms with Crippen molar-refractivity contribution in [2.75, 3.05) is 6.61 Å². The largest absolute Gasteiger partial charge is 0.488 e. The zero-order valence-corrected chi connectivity index (χ0v) is 10.1. The third-order valence-electron chi connectivity index (χ3n) is 1.67. The van der Waals surface area contributed by atoms with Crippen LogP contribution in [0.4, 0.5) is 0 Å². The van der Waals surface area contributed by atoms with E-state index in [4.69, 9.17) is 32.7 Å². The average Bonchev–Trinajstić information content (AvgIpc) is 2.28. The van der Waals surface area contributed by atoms with E-state index in [1.54, 1.807) is 13.0 Å². The Labute approximate surface area is 104 Å². The normalized spacial score (nSPS) is 9.69. The van der Waals surface area contributed by atoms with Crippen LogP contribution in [0.25, 0.3) is 0 Å². The number of rotatable bonds is 4. The highest BCUT2D eigenvalue weighted by molar-refractivity contribution is 6.35. The Hall–Kier alpha value is -1.19. The first-order chi connectivity index (χ1) is 7.60. The second kappa shape index (κ2) is 5.77. The minimum absolute atomic E-state index is 0.112. The Bertz CT molecular complexity index is 416. The standard InChI is InChI=1S/C11H10Cl2O3/c1-3-9(14)16-11-8(13)6-5-7(12)10(11)15-4-2/h3,5-6H,1,4H2,2H3. The predicted octanol–water partition coefficient (Wildman–Crippen LogP) is 3.48. The summed E-state index contributed by atoms with van der Waals surface area (Å²) in [5.74, 6) is -0.252. The fraction of sp³-hybridized carbons (Fsp3) is 0.182. The highest BCUT2D eigenvalue weighted by Crippen LogP contribution is 2.40. The summed E-state index contributed by atoms with van der Waals surface area (Å²) in [5, 5.41) is 0.584. The summed E-state index contributed by atoms with van der Waals surface area (Å²) >= 11 is 11.8. The van der Waals surface area contributed by atoms with Gasteiger partial charge in [-0.05, 0) is 19.1 Å². The summed E-state index contributed by atoms with van der Waals surface area (Å²) in [6.45, 7) is 5.47. The summed E-state index contributed by atoms with van der Waals surface area (Å²) in [4.78, 5) is 11.1. The third-order valence-corrected chi connectivity index (χ3v) is 2.27. The van der Waals surface area contributed by atoms with Crippen LogP contribution in [0.3, 0.4) is 0 Å². The van der Waals surface area contributed by atoms with Crippen LogP contribution in [0.15, 0.2) is 24.8 Å². The topological polar surface area (TPSA) is 35.5 Å². The van der Waals surface area contributed by atoms with Gasteiger partial charge in [0.25, 0.3) is 0 Å². The Kier molecular flexibility index (Phi) is 4.65. The molecule has 0 atom stereocenters. The molecule has 0 aliphatic rings. The molecule has 16 heavy (non-hydrogen) atoms. The molecular weight excluding hydrogens is 251 g/mol. The van der Waals surface area contributed by atoms with Gasteiger partial charge in [0.1, 0.15) is 0 Å². The van der Waals surface area contributed by atoms with Crippen molar-refractivity contribution < 1.29 is 14.3 Å². The van der Waals surface area contributed by atoms with Gasteiger partial charge < -0.3 is 9.47 Å². The van der Waals surface area contributed by atoms with Gasteiger partial charge >= 0.3 is 5.97 Å². The second-order valence-corrected chi connectivity index (χ2v) is 3.56. The third kappa shape index (κ3) is 2.90. The van der Waals surface area contributed by atoms with Gasteiger partial charge in [0, 0.05) is 6.08 Å². The van der Waals surface area contributed by atoms with E-state index in [1.165, 1.54) is 6.07 Å². The summed E-state index contributed by atoms with van der Waals surface area (Å²) in [6, 6.07) is 3.10. The number of ether oxygens (including phenoxy) is 2. The SMILES string of the molecule is C=CC(=O)Oc1c(Cl)ccc(Cl)c1OCC. The molecule has 0 radical (unpaired) electrons. The summed E-state index contributed by atoms with van der Waals surface area (Å²) in [7, 11) is 0. The van der Waals surface area contributed by atoms with E-state index in [0.717, 1.165) is 6.08 Å². The minimum Gasteiger partial charge on any atom is -0.488 e. The maximum absolute atomic E-state index is 11.1. The van der Waals surface area contributed by atoms with E-state index >= 15 is 0 Å². The lowest BCUT2D eigenvalue weighted by Crippen LogP contribution is -2.06. The highest BCUT2D eigenvalue weighted by atomic mass is 35.5. The van der Waals surface area contributed by atoms with Crippen LogP contribution in [0, 0.1) is 0 Å². The lowest BCUT2D eigenvalue weighted by atomic mass is 10.3. The lowest BCUT2D eigenvalue weighted by Gasteiger charge is -2.12. The van der Waals surface area contributed by atoms with Gasteiger partial charge in [-0.2, -0.15) is 0 Å². The molecule has 0 bridgehead atoms. The van der Waals surface area contributed by atoms with Crippen LogP contribution >= 0.6 is 23.2 Å². The van der Waals surface area contributed by atoms with Gasteiger partial charge in [0.05, 0.1) is 16.7 Å². The average molecular weight is 261 g/mol. The van der Waals surface area contributed by atoms with Crippen molar-refractivity contribution in [1.29, 1.82) is 0 Å². The molecule has 0 saturated carbocycles. The van der Waals surface area contributed by atoms with Gasteiger partial charge in [-0.1, -0.05) is 29.8 Å². The van der Waals surface area contributed by atoms with Gasteiger partial charge in [0.2, 0.25) is 0 Å². The van der Waals surface area contributed by atoms with Crippen molar-refractivity contribution in [3.8, 4) is 11.5 Å². The van der Waals surface area contributed by atoms with Crippen LogP contribution in [-0.2, 0) is 4.79 Å². The number of carbonyl (C=O) groups is 1. The van der Waals surface area contributed by atoms with Crippen molar-refractivity contribution >= 4 is 29.2 Å². The Balaban J connectivity index is 3.16. The van der Waals surface area contributed by atoms with Crippen molar-refractivity contribution in [3.63, 3.8) is 0 Å². The summed E-state index contributed by atoms with van der Waals surface area (Å²) in [6.07, 6.45) is 1.03. The number of carbonyl (C=O) groups excluding carboxylic acids is 1. The first-order valence-corrected chi connectivity index (χ1v) is 5.30. The monoisotopic (exact) mass is 260 g/mol. The van der Waals surface area contributed by atoms with Crippen LogP contribution in [-0.4, -0.2) is 12.6 Å². The Morgan fingerprint density at radius 1 is 1.38 bits per heavy atom. The van der Waals surface area contributed by atoms with Crippen molar-refractivity contribution in [3.05, 3.63) is 34.8 Å². The fourth-order valence-electron chi connectivity index (χ4n) is 1.03. The van der Waals surface area contributed by atoms with E-state index in [2.05, 4.69) is 6.58 Å². The number of hydrogen-bond donors (Lipinski definition) is 0. The van der Waals surface area contributed by atoms with E-state index in [0.29, 0.717) is 11.6 Å². The van der Waals surface area contributed by atoms with Gasteiger partial charge in [-0.3, -0.25) is 0 Å². The molecule has 1 aromatic carbocycles. The molecular formula is C11H10Cl2O3. The van der Waals surface area contributed by atoms with E-state index in [1.807, 2.05) is 0 Å². The van der Waals surface area contributed by atoms with Crippen molar-refractivity contribution in [1.82, 2.24) is 0 Å². The Morgan fingerprint density at radius 3 is 2.44 bits per heavy atom. The summed E-state index contributed by atoms with van der Waals surface area (Å²) in [5.41, 5.74) is 0. The maximum Gasteiger partial charge on any atom is 0.335 e. The molecule has 0 amide bonds. The second-order valence-electron chi connectivity index (χ2n) is 2.75. The lowest BCUT2D eigenvalue weighted by molar-refractivity contribution is -0.129. The molecule has 0 unspecified atom stereocenters. The van der Waals surface area contributed by atoms with Crippen LogP contribution in [0.5, 0.6) is 11.5 Å². The summed E-state index contributed by atoms with van der Waals surface area (Å²) < 4.78 is 10.2. The van der Waals surface area contributed by atoms with Crippen molar-refractivity contribution in [2.24, 2.45) is 0 Å². The van der Waals surface area contributed by atoms with Crippen molar-refractivity contribution in [2.45, 2.75) is 6.92 Å². The van der Waals surface area contributed by atoms with E-state index in [-0.39, 0.29) is 16.5 Å². The van der Waals surface area contributed by atoms with Gasteiger partial charge in [-0.15, -0.1) is 0 Å². The maximum atomic E-state index is 11.1. The molecule has 0 aliphatic heterocycles. The van der Waals surface area contributed by atoms with E-state index < -0.39 is 5.97 Å². The van der Waals surface area contributed by atoms with Gasteiger partial charge in [-0.25, -0.2) is 4.79 Å². The molecule has 3 nitrogen and oxygen atoms in total. The molecule has 0 aromatic heterocycles. The fourth-order valence-corrected chi connectivity index (χ4v) is 1.42. The van der Waals surface area contributed by atoms with E-state index in [9.17, 15) is 4.79 Å². The Morgan fingerprint density at radius 2 is 1.94 bits per heavy atom. The van der Waals surface area contributed by atoms with Crippen LogP contribution in [0.1, 0.15) is 6.92 Å². The van der Waals surface area contributed by atoms with Gasteiger partial charge in [0.15, 0.2) is 11.5 Å². The quantitative estimate of drug-likeness (QED) is 0.473. The number of esters is 1. The number of benzene rings is 1. The zero-order valence-electron chi connectivity index (χ0n) is 8.63. The molecule has 86 valence electrons. The molecule has 0 N–H and O–H groups in total. The molecule has 5 heteroatoms. The molecule has 0 spiro atoms. The number of hydrogen-bond acceptors (Lipinski definition) is 3. The highest BCUT2D eigenvalue weighted by Gasteiger charge is 2.16. The number of halogens is 2. The molecule has 0 saturated heterocycles. The zero-order chi connectivity index (χ0) is 12.1. The van der Waals surface area contributed by atoms with Crippen LogP contribution in [0.2, 0.25) is 10.0 Å². The minimum atomic E-state index is -0.620. The molecule has 0 heterocycles.